The predicted octanol–water partition coefficient (Wildman–Crippen LogP) is 9.48. The maximum Gasteiger partial charge on any atom is 0.186 e. The Morgan fingerprint density at radius 1 is 0.463 bits per heavy atom. The Morgan fingerprint density at radius 2 is 0.889 bits per heavy atom. The molecule has 1 saturated heterocycles. The van der Waals surface area contributed by atoms with Gasteiger partial charge in [0.2, 0.25) is 0 Å². The van der Waals surface area contributed by atoms with Crippen LogP contribution in [0, 0.1) is 0 Å². The molecule has 0 N–H and O–H groups in total. The number of hydrogen-bond donors (Lipinski definition) is 0. The average Bonchev–Trinajstić information content (AvgIpc) is 3.23. The fraction of sp³-hybridized carbons (Fsp3) is 0.362. The van der Waals surface area contributed by atoms with Gasteiger partial charge in [0.05, 0.1) is 52.4 Å². The molecule has 6 rings (SSSR count). The fourth-order valence-electron chi connectivity index (χ4n) is 6.62. The molecule has 1 heterocycles. The quantitative estimate of drug-likeness (QED) is 0.0703. The molecule has 7 nitrogen and oxygen atoms in total. The lowest BCUT2D eigenvalue weighted by Gasteiger charge is -2.46. The van der Waals surface area contributed by atoms with E-state index in [1.165, 1.54) is 0 Å². The van der Waals surface area contributed by atoms with Crippen molar-refractivity contribution in [2.75, 3.05) is 13.2 Å². The number of rotatable bonds is 22. The van der Waals surface area contributed by atoms with Gasteiger partial charge in [-0.1, -0.05) is 165 Å². The lowest BCUT2D eigenvalue weighted by molar-refractivity contribution is -0.329. The molecule has 0 aliphatic carbocycles. The zero-order valence-corrected chi connectivity index (χ0v) is 31.3. The van der Waals surface area contributed by atoms with Crippen LogP contribution in [0.2, 0.25) is 0 Å². The molecule has 0 bridgehead atoms. The van der Waals surface area contributed by atoms with Crippen molar-refractivity contribution in [3.63, 3.8) is 0 Å². The third-order valence-corrected chi connectivity index (χ3v) is 9.50. The Morgan fingerprint density at radius 3 is 1.37 bits per heavy atom. The van der Waals surface area contributed by atoms with Gasteiger partial charge >= 0.3 is 0 Å². The second kappa shape index (κ2) is 22.3. The summed E-state index contributed by atoms with van der Waals surface area (Å²) in [6.45, 7) is 5.00. The maximum atomic E-state index is 6.86. The van der Waals surface area contributed by atoms with Crippen LogP contribution in [0.3, 0.4) is 0 Å². The summed E-state index contributed by atoms with van der Waals surface area (Å²) < 4.78 is 46.7. The van der Waals surface area contributed by atoms with Crippen LogP contribution in [0.1, 0.15) is 54.0 Å². The average molecular weight is 731 g/mol. The molecule has 5 aromatic carbocycles. The summed E-state index contributed by atoms with van der Waals surface area (Å²) in [5.41, 5.74) is 5.40. The molecule has 7 heteroatoms. The minimum Gasteiger partial charge on any atom is -0.374 e. The molecule has 0 amide bonds. The van der Waals surface area contributed by atoms with E-state index in [0.29, 0.717) is 46.1 Å². The first-order valence-corrected chi connectivity index (χ1v) is 19.3. The summed E-state index contributed by atoms with van der Waals surface area (Å²) in [4.78, 5) is 0. The van der Waals surface area contributed by atoms with Crippen LogP contribution in [0.25, 0.3) is 0 Å². The molecular weight excluding hydrogens is 677 g/mol. The van der Waals surface area contributed by atoms with E-state index in [9.17, 15) is 0 Å². The van der Waals surface area contributed by atoms with Crippen LogP contribution < -0.4 is 0 Å². The first kappa shape index (κ1) is 39.5. The molecular formula is C47H54O7. The van der Waals surface area contributed by atoms with Crippen LogP contribution >= 0.6 is 0 Å². The van der Waals surface area contributed by atoms with Crippen molar-refractivity contribution in [2.24, 2.45) is 0 Å². The minimum atomic E-state index is -0.743. The van der Waals surface area contributed by atoms with Crippen molar-refractivity contribution in [2.45, 2.75) is 96.0 Å². The first-order valence-electron chi connectivity index (χ1n) is 19.3. The van der Waals surface area contributed by atoms with Crippen LogP contribution in [0.4, 0.5) is 0 Å². The molecule has 1 aliphatic rings. The van der Waals surface area contributed by atoms with Crippen LogP contribution in [-0.2, 0) is 66.2 Å². The van der Waals surface area contributed by atoms with E-state index in [4.69, 9.17) is 33.2 Å². The molecule has 4 unspecified atom stereocenters. The summed E-state index contributed by atoms with van der Waals surface area (Å²) in [5.74, 6) is 0. The summed E-state index contributed by atoms with van der Waals surface area (Å²) in [7, 11) is 0. The van der Waals surface area contributed by atoms with E-state index in [1.807, 2.05) is 91.0 Å². The highest BCUT2D eigenvalue weighted by atomic mass is 16.7. The van der Waals surface area contributed by atoms with Gasteiger partial charge in [0.15, 0.2) is 6.29 Å². The Kier molecular flexibility index (Phi) is 16.3. The van der Waals surface area contributed by atoms with Crippen molar-refractivity contribution in [3.8, 4) is 0 Å². The summed E-state index contributed by atoms with van der Waals surface area (Å²) >= 11 is 0. The normalized spacial score (nSPS) is 20.4. The lowest BCUT2D eigenvalue weighted by Crippen LogP contribution is -2.61. The number of ether oxygens (including phenoxy) is 7. The van der Waals surface area contributed by atoms with Crippen molar-refractivity contribution < 1.29 is 33.2 Å². The van der Waals surface area contributed by atoms with Gasteiger partial charge in [0.1, 0.15) is 24.4 Å². The summed E-state index contributed by atoms with van der Waals surface area (Å²) in [6.07, 6.45) is -0.203. The second-order valence-electron chi connectivity index (χ2n) is 13.7. The highest BCUT2D eigenvalue weighted by Gasteiger charge is 2.49. The zero-order valence-electron chi connectivity index (χ0n) is 31.3. The monoisotopic (exact) mass is 730 g/mol. The molecule has 54 heavy (non-hydrogen) atoms. The Bertz CT molecular complexity index is 1690. The fourth-order valence-corrected chi connectivity index (χ4v) is 6.62. The Labute approximate surface area is 321 Å². The summed E-state index contributed by atoms with van der Waals surface area (Å²) in [6, 6.07) is 51.0. The van der Waals surface area contributed by atoms with Gasteiger partial charge in [-0.3, -0.25) is 0 Å². The second-order valence-corrected chi connectivity index (χ2v) is 13.7. The van der Waals surface area contributed by atoms with Crippen molar-refractivity contribution in [3.05, 3.63) is 179 Å². The van der Waals surface area contributed by atoms with Gasteiger partial charge in [-0.25, -0.2) is 0 Å². The minimum absolute atomic E-state index is 0.0413. The molecule has 6 atom stereocenters. The van der Waals surface area contributed by atoms with Gasteiger partial charge in [0, 0.05) is 0 Å². The number of benzene rings is 5. The van der Waals surface area contributed by atoms with Crippen molar-refractivity contribution >= 4 is 0 Å². The van der Waals surface area contributed by atoms with Crippen molar-refractivity contribution in [1.82, 2.24) is 0 Å². The van der Waals surface area contributed by atoms with E-state index in [-0.39, 0.29) is 12.7 Å². The predicted molar refractivity (Wildman–Crippen MR) is 210 cm³/mol. The molecule has 0 spiro atoms. The molecule has 0 radical (unpaired) electrons. The third-order valence-electron chi connectivity index (χ3n) is 9.50. The van der Waals surface area contributed by atoms with E-state index in [1.54, 1.807) is 0 Å². The highest BCUT2D eigenvalue weighted by molar-refractivity contribution is 5.17. The molecule has 0 aromatic heterocycles. The maximum absolute atomic E-state index is 6.86. The van der Waals surface area contributed by atoms with Gasteiger partial charge in [-0.05, 0) is 40.7 Å². The first-order chi connectivity index (χ1) is 26.7. The van der Waals surface area contributed by atoms with Crippen molar-refractivity contribution in [1.29, 1.82) is 0 Å². The largest absolute Gasteiger partial charge is 0.374 e. The SMILES string of the molecule is CCC[C@H](CCOC1OC(COCc2ccccc2)C(OCc2ccccc2)C(OCc2ccccc2)[C@@H]1OCc1ccccc1)OCc1ccccc1. The van der Waals surface area contributed by atoms with E-state index in [2.05, 4.69) is 67.6 Å². The molecule has 1 aliphatic heterocycles. The van der Waals surface area contributed by atoms with Crippen LogP contribution in [-0.4, -0.2) is 50.0 Å². The van der Waals surface area contributed by atoms with Crippen LogP contribution in [0.5, 0.6) is 0 Å². The van der Waals surface area contributed by atoms with Gasteiger partial charge in [-0.2, -0.15) is 0 Å². The van der Waals surface area contributed by atoms with Gasteiger partial charge < -0.3 is 33.2 Å². The molecule has 1 fully saturated rings. The van der Waals surface area contributed by atoms with E-state index < -0.39 is 30.7 Å². The standard InChI is InChI=1S/C47H54O7/c1-2-18-42(50-32-38-21-10-4-11-22-38)29-30-49-47-46(53-35-41-27-16-7-17-28-41)45(52-34-40-25-14-6-15-26-40)44(51-33-39-23-12-5-13-24-39)43(54-47)36-48-31-37-19-8-3-9-20-37/h3-17,19-28,42-47H,2,18,29-36H2,1H3/t42-,43?,44?,45?,46+,47?/m1/s1. The topological polar surface area (TPSA) is 64.6 Å². The van der Waals surface area contributed by atoms with E-state index >= 15 is 0 Å². The molecule has 284 valence electrons. The zero-order chi connectivity index (χ0) is 37.0. The number of hydrogen-bond acceptors (Lipinski definition) is 7. The highest BCUT2D eigenvalue weighted by Crippen LogP contribution is 2.32. The molecule has 0 saturated carbocycles. The van der Waals surface area contributed by atoms with Crippen LogP contribution in [0.15, 0.2) is 152 Å². The van der Waals surface area contributed by atoms with Gasteiger partial charge in [0.25, 0.3) is 0 Å². The van der Waals surface area contributed by atoms with E-state index in [0.717, 1.165) is 40.7 Å². The molecule has 5 aromatic rings. The Hall–Kier alpha value is -4.18. The smallest absolute Gasteiger partial charge is 0.186 e. The Balaban J connectivity index is 1.24. The summed E-state index contributed by atoms with van der Waals surface area (Å²) in [5, 5.41) is 0. The third kappa shape index (κ3) is 12.7. The van der Waals surface area contributed by atoms with Gasteiger partial charge in [-0.15, -0.1) is 0 Å². The lowest BCUT2D eigenvalue weighted by atomic mass is 9.97.